The molecule has 1 fully saturated rings. The average molecular weight is 537 g/mol. The van der Waals surface area contributed by atoms with E-state index < -0.39 is 0 Å². The van der Waals surface area contributed by atoms with Crippen LogP contribution in [-0.4, -0.2) is 44.5 Å². The fourth-order valence-electron chi connectivity index (χ4n) is 3.50. The zero-order chi connectivity index (χ0) is 18.4. The fraction of sp³-hybridized carbons (Fsp3) is 0.579. The number of amides is 1. The summed E-state index contributed by atoms with van der Waals surface area (Å²) < 4.78 is 1.08. The maximum absolute atomic E-state index is 12.6. The highest BCUT2D eigenvalue weighted by atomic mass is 127. The third-order valence-electron chi connectivity index (χ3n) is 4.99. The van der Waals surface area contributed by atoms with Crippen LogP contribution in [0.1, 0.15) is 36.8 Å². The molecule has 1 aliphatic rings. The summed E-state index contributed by atoms with van der Waals surface area (Å²) in [7, 11) is 5.44. The molecule has 0 atom stereocenters. The van der Waals surface area contributed by atoms with Crippen LogP contribution in [0.25, 0.3) is 0 Å². The average Bonchev–Trinajstić information content (AvgIpc) is 3.05. The molecule has 0 aliphatic heterocycles. The van der Waals surface area contributed by atoms with Gasteiger partial charge in [-0.1, -0.05) is 34.8 Å². The van der Waals surface area contributed by atoms with E-state index >= 15 is 0 Å². The highest BCUT2D eigenvalue weighted by Crippen LogP contribution is 2.38. The van der Waals surface area contributed by atoms with Gasteiger partial charge in [0.1, 0.15) is 0 Å². The minimum Gasteiger partial charge on any atom is -0.355 e. The molecule has 0 spiro atoms. The molecule has 1 aromatic rings. The largest absolute Gasteiger partial charge is 0.355 e. The van der Waals surface area contributed by atoms with E-state index in [9.17, 15) is 4.79 Å². The Labute approximate surface area is 182 Å². The van der Waals surface area contributed by atoms with Gasteiger partial charge in [0.2, 0.25) is 5.91 Å². The Kier molecular flexibility index (Phi) is 9.36. The van der Waals surface area contributed by atoms with Crippen LogP contribution >= 0.6 is 39.9 Å². The second kappa shape index (κ2) is 10.5. The summed E-state index contributed by atoms with van der Waals surface area (Å²) in [6, 6.07) is 6.26. The number of benzene rings is 1. The van der Waals surface area contributed by atoms with E-state index in [2.05, 4.69) is 50.6 Å². The van der Waals surface area contributed by atoms with Crippen LogP contribution in [0.15, 0.2) is 27.7 Å². The summed E-state index contributed by atoms with van der Waals surface area (Å²) in [6.07, 6.45) is 4.12. The molecule has 146 valence electrons. The lowest BCUT2D eigenvalue weighted by Gasteiger charge is -2.31. The number of carbonyl (C=O) groups is 1. The summed E-state index contributed by atoms with van der Waals surface area (Å²) >= 11 is 3.49. The third-order valence-corrected chi connectivity index (χ3v) is 5.48. The van der Waals surface area contributed by atoms with Gasteiger partial charge in [0, 0.05) is 38.7 Å². The van der Waals surface area contributed by atoms with Crippen molar-refractivity contribution in [1.82, 2.24) is 15.5 Å². The highest BCUT2D eigenvalue weighted by molar-refractivity contribution is 14.0. The van der Waals surface area contributed by atoms with E-state index in [4.69, 9.17) is 0 Å². The molecule has 0 unspecified atom stereocenters. The monoisotopic (exact) mass is 536 g/mol. The Morgan fingerprint density at radius 1 is 1.27 bits per heavy atom. The smallest absolute Gasteiger partial charge is 0.230 e. The molecule has 1 aromatic carbocycles. The van der Waals surface area contributed by atoms with Gasteiger partial charge in [0.05, 0.1) is 5.41 Å². The number of aliphatic imine (C=N–C) groups is 1. The zero-order valence-electron chi connectivity index (χ0n) is 16.1. The van der Waals surface area contributed by atoms with Crippen molar-refractivity contribution in [2.75, 3.05) is 27.7 Å². The number of guanidine groups is 1. The second-order valence-electron chi connectivity index (χ2n) is 7.04. The van der Waals surface area contributed by atoms with Gasteiger partial charge < -0.3 is 15.5 Å². The molecule has 2 rings (SSSR count). The van der Waals surface area contributed by atoms with Crippen molar-refractivity contribution in [3.8, 4) is 0 Å². The Morgan fingerprint density at radius 3 is 2.46 bits per heavy atom. The maximum Gasteiger partial charge on any atom is 0.230 e. The van der Waals surface area contributed by atoms with E-state index in [0.717, 1.165) is 36.1 Å². The molecule has 0 saturated heterocycles. The van der Waals surface area contributed by atoms with E-state index in [-0.39, 0.29) is 35.3 Å². The lowest BCUT2D eigenvalue weighted by molar-refractivity contribution is -0.138. The first-order valence-corrected chi connectivity index (χ1v) is 9.58. The van der Waals surface area contributed by atoms with Crippen LogP contribution in [0.2, 0.25) is 0 Å². The van der Waals surface area contributed by atoms with E-state index in [1.165, 1.54) is 11.1 Å². The normalized spacial score (nSPS) is 16.0. The summed E-state index contributed by atoms with van der Waals surface area (Å²) in [5.41, 5.74) is 2.16. The molecule has 0 aromatic heterocycles. The quantitative estimate of drug-likeness (QED) is 0.343. The van der Waals surface area contributed by atoms with Crippen LogP contribution in [-0.2, 0) is 11.3 Å². The summed E-state index contributed by atoms with van der Waals surface area (Å²) in [5, 5.41) is 6.73. The topological polar surface area (TPSA) is 56.7 Å². The third kappa shape index (κ3) is 5.84. The van der Waals surface area contributed by atoms with Gasteiger partial charge in [-0.25, -0.2) is 0 Å². The molecule has 1 aliphatic carbocycles. The molecule has 1 saturated carbocycles. The molecule has 1 amide bonds. The lowest BCUT2D eigenvalue weighted by atomic mass is 9.84. The fourth-order valence-corrected chi connectivity index (χ4v) is 3.98. The number of halogens is 2. The van der Waals surface area contributed by atoms with E-state index in [1.54, 1.807) is 11.9 Å². The first-order chi connectivity index (χ1) is 11.9. The van der Waals surface area contributed by atoms with Gasteiger partial charge in [-0.3, -0.25) is 9.79 Å². The summed E-state index contributed by atoms with van der Waals surface area (Å²) in [5.74, 6) is 0.955. The molecular formula is C19H30BrIN4O. The van der Waals surface area contributed by atoms with Crippen molar-refractivity contribution >= 4 is 51.8 Å². The van der Waals surface area contributed by atoms with E-state index in [1.807, 2.05) is 20.2 Å². The predicted octanol–water partition coefficient (Wildman–Crippen LogP) is 3.69. The van der Waals surface area contributed by atoms with Crippen LogP contribution in [0, 0.1) is 12.3 Å². The number of aryl methyl sites for hydroxylation is 1. The molecule has 26 heavy (non-hydrogen) atoms. The van der Waals surface area contributed by atoms with Gasteiger partial charge in [0.25, 0.3) is 0 Å². The molecular weight excluding hydrogens is 507 g/mol. The van der Waals surface area contributed by atoms with Crippen LogP contribution in [0.5, 0.6) is 0 Å². The van der Waals surface area contributed by atoms with Crippen LogP contribution < -0.4 is 10.6 Å². The number of nitrogens with one attached hydrogen (secondary N) is 2. The number of rotatable bonds is 5. The van der Waals surface area contributed by atoms with Gasteiger partial charge in [-0.2, -0.15) is 0 Å². The Bertz CT molecular complexity index is 642. The minimum absolute atomic E-state index is 0. The Morgan fingerprint density at radius 2 is 1.92 bits per heavy atom. The molecule has 0 bridgehead atoms. The highest BCUT2D eigenvalue weighted by Gasteiger charge is 2.42. The van der Waals surface area contributed by atoms with Crippen molar-refractivity contribution in [2.45, 2.75) is 39.2 Å². The predicted molar refractivity (Wildman–Crippen MR) is 122 cm³/mol. The van der Waals surface area contributed by atoms with Crippen molar-refractivity contribution in [1.29, 1.82) is 0 Å². The Balaban J connectivity index is 0.00000338. The standard InChI is InChI=1S/C19H29BrN4O.HI/c1-14-11-16(20)8-7-15(14)12-22-18(21-2)23-13-19(9-5-6-10-19)17(25)24(3)4;/h7-8,11H,5-6,9-10,12-13H2,1-4H3,(H2,21,22,23);1H. The zero-order valence-corrected chi connectivity index (χ0v) is 20.0. The Hall–Kier alpha value is -0.830. The van der Waals surface area contributed by atoms with E-state index in [0.29, 0.717) is 13.1 Å². The number of carbonyl (C=O) groups excluding carboxylic acids is 1. The van der Waals surface area contributed by atoms with Crippen molar-refractivity contribution < 1.29 is 4.79 Å². The van der Waals surface area contributed by atoms with Gasteiger partial charge in [0.15, 0.2) is 5.96 Å². The second-order valence-corrected chi connectivity index (χ2v) is 7.95. The maximum atomic E-state index is 12.6. The molecule has 7 heteroatoms. The molecule has 2 N–H and O–H groups in total. The van der Waals surface area contributed by atoms with Crippen molar-refractivity contribution in [3.63, 3.8) is 0 Å². The molecule has 0 heterocycles. The molecule has 0 radical (unpaired) electrons. The van der Waals surface area contributed by atoms with Crippen molar-refractivity contribution in [2.24, 2.45) is 10.4 Å². The molecule has 5 nitrogen and oxygen atoms in total. The number of nitrogens with zero attached hydrogens (tertiary/aromatic N) is 2. The van der Waals surface area contributed by atoms with Gasteiger partial charge in [-0.15, -0.1) is 24.0 Å². The van der Waals surface area contributed by atoms with Crippen molar-refractivity contribution in [3.05, 3.63) is 33.8 Å². The van der Waals surface area contributed by atoms with Gasteiger partial charge in [-0.05, 0) is 43.0 Å². The van der Waals surface area contributed by atoms with Crippen LogP contribution in [0.4, 0.5) is 0 Å². The number of hydrogen-bond donors (Lipinski definition) is 2. The van der Waals surface area contributed by atoms with Gasteiger partial charge >= 0.3 is 0 Å². The van der Waals surface area contributed by atoms with Crippen LogP contribution in [0.3, 0.4) is 0 Å². The minimum atomic E-state index is -0.297. The summed E-state index contributed by atoms with van der Waals surface area (Å²) in [4.78, 5) is 18.7. The summed E-state index contributed by atoms with van der Waals surface area (Å²) in [6.45, 7) is 3.43. The first kappa shape index (κ1) is 23.2. The first-order valence-electron chi connectivity index (χ1n) is 8.79. The SMILES string of the molecule is CN=C(NCc1ccc(Br)cc1C)NCC1(C(=O)N(C)C)CCCC1.I. The number of hydrogen-bond acceptors (Lipinski definition) is 2. The lowest BCUT2D eigenvalue weighted by Crippen LogP contribution is -2.49.